The molecule has 0 aliphatic heterocycles. The van der Waals surface area contributed by atoms with Crippen LogP contribution in [0.1, 0.15) is 4.88 Å². The van der Waals surface area contributed by atoms with Crippen LogP contribution in [0.25, 0.3) is 0 Å². The molecule has 76 valence electrons. The minimum Gasteiger partial charge on any atom is -0.464 e. The van der Waals surface area contributed by atoms with Gasteiger partial charge in [0.05, 0.1) is 5.04 Å². The lowest BCUT2D eigenvalue weighted by molar-refractivity contribution is 0.195. The topological polar surface area (TPSA) is 61.7 Å². The quantitative estimate of drug-likeness (QED) is 0.475. The van der Waals surface area contributed by atoms with Gasteiger partial charge in [-0.15, -0.1) is 23.1 Å². The fraction of sp³-hybridized carbons (Fsp3) is 0.250. The highest BCUT2D eigenvalue weighted by atomic mass is 32.2. The van der Waals surface area contributed by atoms with E-state index in [-0.39, 0.29) is 0 Å². The maximum Gasteiger partial charge on any atom is 0.425 e. The molecule has 0 fully saturated rings. The Kier molecular flexibility index (Phi) is 4.48. The van der Waals surface area contributed by atoms with Crippen molar-refractivity contribution >= 4 is 34.2 Å². The Labute approximate surface area is 90.0 Å². The summed E-state index contributed by atoms with van der Waals surface area (Å²) in [6.07, 6.45) is 1.41. The van der Waals surface area contributed by atoms with E-state index in [0.29, 0.717) is 6.42 Å². The Morgan fingerprint density at radius 2 is 2.57 bits per heavy atom. The third kappa shape index (κ3) is 3.80. The molecule has 1 aromatic heterocycles. The number of thioether (sulfide) groups is 1. The summed E-state index contributed by atoms with van der Waals surface area (Å²) in [7, 11) is 0. The molecular formula is C8H10N2O2S2. The Balaban J connectivity index is 2.54. The highest BCUT2D eigenvalue weighted by Gasteiger charge is 2.01. The molecule has 0 radical (unpaired) electrons. The Morgan fingerprint density at radius 1 is 1.79 bits per heavy atom. The lowest BCUT2D eigenvalue weighted by atomic mass is 10.4. The first-order valence-electron chi connectivity index (χ1n) is 3.84. The second-order valence-electron chi connectivity index (χ2n) is 2.38. The molecule has 0 aromatic carbocycles. The van der Waals surface area contributed by atoms with E-state index in [4.69, 9.17) is 5.11 Å². The largest absolute Gasteiger partial charge is 0.464 e. The predicted molar refractivity (Wildman–Crippen MR) is 60.1 cm³/mol. The zero-order valence-electron chi connectivity index (χ0n) is 7.56. The molecule has 14 heavy (non-hydrogen) atoms. The number of amides is 1. The monoisotopic (exact) mass is 230 g/mol. The van der Waals surface area contributed by atoms with Crippen molar-refractivity contribution in [3.05, 3.63) is 22.4 Å². The molecule has 0 unspecified atom stereocenters. The van der Waals surface area contributed by atoms with Crippen LogP contribution in [-0.2, 0) is 6.42 Å². The number of nitrogens with zero attached hydrogens (tertiary/aromatic N) is 1. The van der Waals surface area contributed by atoms with E-state index in [1.807, 2.05) is 29.2 Å². The van der Waals surface area contributed by atoms with E-state index in [0.717, 1.165) is 5.04 Å². The SMILES string of the molecule is CS/C(Cc1cccs1)=N\NC(=O)O. The molecule has 6 heteroatoms. The summed E-state index contributed by atoms with van der Waals surface area (Å²) in [5.41, 5.74) is 2.00. The number of carboxylic acid groups (broad SMARTS) is 1. The third-order valence-electron chi connectivity index (χ3n) is 1.42. The van der Waals surface area contributed by atoms with Crippen molar-refractivity contribution in [2.45, 2.75) is 6.42 Å². The van der Waals surface area contributed by atoms with Gasteiger partial charge in [-0.05, 0) is 17.7 Å². The van der Waals surface area contributed by atoms with Gasteiger partial charge in [0.15, 0.2) is 0 Å². The van der Waals surface area contributed by atoms with Crippen molar-refractivity contribution in [2.75, 3.05) is 6.26 Å². The average molecular weight is 230 g/mol. The van der Waals surface area contributed by atoms with Crippen LogP contribution in [0.5, 0.6) is 0 Å². The molecule has 1 aromatic rings. The Bertz CT molecular complexity index is 322. The second-order valence-corrected chi connectivity index (χ2v) is 4.29. The lowest BCUT2D eigenvalue weighted by Gasteiger charge is -2.00. The van der Waals surface area contributed by atoms with Crippen LogP contribution in [0, 0.1) is 0 Å². The molecule has 0 spiro atoms. The van der Waals surface area contributed by atoms with Crippen molar-refractivity contribution in [1.82, 2.24) is 5.43 Å². The lowest BCUT2D eigenvalue weighted by Crippen LogP contribution is -2.16. The van der Waals surface area contributed by atoms with Crippen LogP contribution >= 0.6 is 23.1 Å². The molecular weight excluding hydrogens is 220 g/mol. The maximum absolute atomic E-state index is 10.2. The van der Waals surface area contributed by atoms with Gasteiger partial charge in [0, 0.05) is 11.3 Å². The van der Waals surface area contributed by atoms with Crippen LogP contribution in [0.15, 0.2) is 22.6 Å². The maximum atomic E-state index is 10.2. The van der Waals surface area contributed by atoms with Crippen LogP contribution in [0.3, 0.4) is 0 Å². The van der Waals surface area contributed by atoms with E-state index >= 15 is 0 Å². The van der Waals surface area contributed by atoms with Gasteiger partial charge < -0.3 is 5.11 Å². The standard InChI is InChI=1S/C8H10N2O2S2/c1-13-7(9-10-8(11)12)5-6-3-2-4-14-6/h2-4,10H,5H2,1H3,(H,11,12)/b9-7-. The number of hydrogen-bond donors (Lipinski definition) is 2. The molecule has 0 aliphatic rings. The molecule has 1 amide bonds. The molecule has 1 rings (SSSR count). The van der Waals surface area contributed by atoms with Crippen molar-refractivity contribution < 1.29 is 9.90 Å². The number of nitrogens with one attached hydrogen (secondary N) is 1. The van der Waals surface area contributed by atoms with Crippen LogP contribution in [0.4, 0.5) is 4.79 Å². The summed E-state index contributed by atoms with van der Waals surface area (Å²) < 4.78 is 0. The van der Waals surface area contributed by atoms with Gasteiger partial charge in [-0.25, -0.2) is 10.2 Å². The highest BCUT2D eigenvalue weighted by Crippen LogP contribution is 2.13. The number of carbonyl (C=O) groups is 1. The van der Waals surface area contributed by atoms with Gasteiger partial charge in [0.1, 0.15) is 0 Å². The highest BCUT2D eigenvalue weighted by molar-refractivity contribution is 8.13. The molecule has 0 saturated carbocycles. The van der Waals surface area contributed by atoms with Gasteiger partial charge in [0.2, 0.25) is 0 Å². The average Bonchev–Trinajstić information content (AvgIpc) is 2.64. The van der Waals surface area contributed by atoms with E-state index in [1.54, 1.807) is 11.3 Å². The Hall–Kier alpha value is -1.01. The zero-order valence-corrected chi connectivity index (χ0v) is 9.19. The molecule has 0 bridgehead atoms. The zero-order chi connectivity index (χ0) is 10.4. The number of hydrazone groups is 1. The number of rotatable bonds is 3. The van der Waals surface area contributed by atoms with Crippen molar-refractivity contribution in [3.8, 4) is 0 Å². The second kappa shape index (κ2) is 5.66. The van der Waals surface area contributed by atoms with Crippen LogP contribution < -0.4 is 5.43 Å². The summed E-state index contributed by atoms with van der Waals surface area (Å²) in [5, 5.41) is 14.9. The van der Waals surface area contributed by atoms with Crippen molar-refractivity contribution in [1.29, 1.82) is 0 Å². The van der Waals surface area contributed by atoms with E-state index in [1.165, 1.54) is 16.6 Å². The number of thiophene rings is 1. The molecule has 0 atom stereocenters. The summed E-state index contributed by atoms with van der Waals surface area (Å²) in [6.45, 7) is 0. The smallest absolute Gasteiger partial charge is 0.425 e. The molecule has 0 aliphatic carbocycles. The third-order valence-corrected chi connectivity index (χ3v) is 3.00. The summed E-state index contributed by atoms with van der Waals surface area (Å²) >= 11 is 3.07. The minimum absolute atomic E-state index is 0.680. The van der Waals surface area contributed by atoms with E-state index in [9.17, 15) is 4.79 Å². The van der Waals surface area contributed by atoms with Gasteiger partial charge in [-0.1, -0.05) is 6.07 Å². The first-order valence-corrected chi connectivity index (χ1v) is 5.94. The normalized spacial score (nSPS) is 11.4. The molecule has 4 nitrogen and oxygen atoms in total. The minimum atomic E-state index is -1.14. The first-order chi connectivity index (χ1) is 6.72. The van der Waals surface area contributed by atoms with Crippen LogP contribution in [-0.4, -0.2) is 22.5 Å². The van der Waals surface area contributed by atoms with Crippen molar-refractivity contribution in [3.63, 3.8) is 0 Å². The van der Waals surface area contributed by atoms with Crippen LogP contribution in [0.2, 0.25) is 0 Å². The molecule has 0 saturated heterocycles. The van der Waals surface area contributed by atoms with Gasteiger partial charge >= 0.3 is 6.09 Å². The summed E-state index contributed by atoms with van der Waals surface area (Å²) in [5.74, 6) is 0. The fourth-order valence-electron chi connectivity index (χ4n) is 0.830. The fourth-order valence-corrected chi connectivity index (χ4v) is 2.07. The van der Waals surface area contributed by atoms with E-state index in [2.05, 4.69) is 5.10 Å². The molecule has 2 N–H and O–H groups in total. The van der Waals surface area contributed by atoms with Gasteiger partial charge in [0.25, 0.3) is 0 Å². The summed E-state index contributed by atoms with van der Waals surface area (Å²) in [6, 6.07) is 3.96. The van der Waals surface area contributed by atoms with Gasteiger partial charge in [-0.2, -0.15) is 5.10 Å². The predicted octanol–water partition coefficient (Wildman–Crippen LogP) is 2.23. The van der Waals surface area contributed by atoms with Crippen molar-refractivity contribution in [2.24, 2.45) is 5.10 Å². The first kappa shape index (κ1) is 11.1. The summed E-state index contributed by atoms with van der Waals surface area (Å²) in [4.78, 5) is 11.4. The molecule has 1 heterocycles. The van der Waals surface area contributed by atoms with E-state index < -0.39 is 6.09 Å². The number of hydrogen-bond acceptors (Lipinski definition) is 4. The Morgan fingerprint density at radius 3 is 3.07 bits per heavy atom. The van der Waals surface area contributed by atoms with Gasteiger partial charge in [-0.3, -0.25) is 0 Å².